The van der Waals surface area contributed by atoms with E-state index in [0.717, 1.165) is 31.4 Å². The number of benzene rings is 2. The first-order chi connectivity index (χ1) is 14.3. The van der Waals surface area contributed by atoms with Gasteiger partial charge in [0.2, 0.25) is 0 Å². The van der Waals surface area contributed by atoms with Crippen LogP contribution in [0.15, 0.2) is 48.6 Å². The molecule has 4 bridgehead atoms. The van der Waals surface area contributed by atoms with Crippen molar-refractivity contribution in [3.05, 3.63) is 76.4 Å². The van der Waals surface area contributed by atoms with Crippen molar-refractivity contribution in [3.63, 3.8) is 0 Å². The zero-order valence-corrected chi connectivity index (χ0v) is 16.7. The topological polar surface area (TPSA) is 27.7 Å². The molecule has 6 rings (SSSR count). The Balaban J connectivity index is 1.40. The van der Waals surface area contributed by atoms with Gasteiger partial charge in [0.25, 0.3) is 0 Å². The normalized spacial score (nSPS) is 27.7. The fraction of sp³-hybridized carbons (Fsp3) is 0.385. The van der Waals surface area contributed by atoms with Crippen LogP contribution in [0.2, 0.25) is 0 Å². The number of ether oxygens (including phenoxy) is 3. The molecule has 0 saturated heterocycles. The third-order valence-corrected chi connectivity index (χ3v) is 6.78. The fourth-order valence-electron chi connectivity index (χ4n) is 5.09. The van der Waals surface area contributed by atoms with Crippen LogP contribution in [0.25, 0.3) is 11.1 Å². The lowest BCUT2D eigenvalue weighted by atomic mass is 9.92. The molecule has 0 radical (unpaired) electrons. The maximum Gasteiger partial charge on any atom is 0.119 e. The Kier molecular flexibility index (Phi) is 4.32. The van der Waals surface area contributed by atoms with Crippen LogP contribution in [0.1, 0.15) is 40.7 Å². The molecule has 148 valence electrons. The van der Waals surface area contributed by atoms with Crippen molar-refractivity contribution in [3.8, 4) is 5.75 Å². The average Bonchev–Trinajstić information content (AvgIpc) is 3.32. The summed E-state index contributed by atoms with van der Waals surface area (Å²) in [7, 11) is 0. The summed E-state index contributed by atoms with van der Waals surface area (Å²) in [4.78, 5) is 0. The molecule has 3 nitrogen and oxygen atoms in total. The lowest BCUT2D eigenvalue weighted by Gasteiger charge is -2.29. The van der Waals surface area contributed by atoms with Gasteiger partial charge in [0.15, 0.2) is 0 Å². The van der Waals surface area contributed by atoms with Gasteiger partial charge in [-0.25, -0.2) is 0 Å². The van der Waals surface area contributed by atoms with Crippen molar-refractivity contribution in [1.82, 2.24) is 0 Å². The number of rotatable bonds is 0. The van der Waals surface area contributed by atoms with Crippen molar-refractivity contribution in [2.45, 2.75) is 38.4 Å². The van der Waals surface area contributed by atoms with Gasteiger partial charge < -0.3 is 14.2 Å². The first-order valence-corrected chi connectivity index (χ1v) is 10.8. The standard InChI is InChI=1S/C26H26O3/c1-2-18-4-8-22-23-9-5-19-3-7-21(14-25(19)23)29-16-20-6-10-26(20)28-12-11-27-15-17(1)13-24(18)22/h1-3,6-7,10,13-14,20,26H,4-5,8-9,11-12,15-16H2/b23-22-/t20-,26+/m1/s1. The van der Waals surface area contributed by atoms with Crippen LogP contribution in [-0.2, 0) is 28.9 Å². The molecule has 0 spiro atoms. The summed E-state index contributed by atoms with van der Waals surface area (Å²) in [5, 5.41) is 0. The predicted octanol–water partition coefficient (Wildman–Crippen LogP) is 4.97. The van der Waals surface area contributed by atoms with E-state index in [0.29, 0.717) is 32.3 Å². The van der Waals surface area contributed by atoms with Gasteiger partial charge in [-0.2, -0.15) is 0 Å². The maximum atomic E-state index is 6.18. The molecule has 0 unspecified atom stereocenters. The van der Waals surface area contributed by atoms with Crippen LogP contribution in [-0.4, -0.2) is 25.9 Å². The molecule has 0 fully saturated rings. The number of allylic oxidation sites excluding steroid dienone is 2. The van der Waals surface area contributed by atoms with Crippen LogP contribution in [0, 0.1) is 5.92 Å². The quantitative estimate of drug-likeness (QED) is 0.598. The van der Waals surface area contributed by atoms with Gasteiger partial charge in [-0.1, -0.05) is 30.4 Å². The van der Waals surface area contributed by atoms with Gasteiger partial charge in [0.1, 0.15) is 5.75 Å². The van der Waals surface area contributed by atoms with E-state index >= 15 is 0 Å². The monoisotopic (exact) mass is 386 g/mol. The van der Waals surface area contributed by atoms with Gasteiger partial charge in [-0.15, -0.1) is 0 Å². The summed E-state index contributed by atoms with van der Waals surface area (Å²) in [6.07, 6.45) is 9.00. The lowest BCUT2D eigenvalue weighted by molar-refractivity contribution is -0.0119. The van der Waals surface area contributed by atoms with Crippen molar-refractivity contribution in [2.75, 3.05) is 19.8 Å². The van der Waals surface area contributed by atoms with E-state index < -0.39 is 0 Å². The Bertz CT molecular complexity index is 1020. The molecular formula is C26H26O3. The molecule has 1 heterocycles. The van der Waals surface area contributed by atoms with Gasteiger partial charge in [0.05, 0.1) is 32.5 Å². The van der Waals surface area contributed by atoms with Crippen LogP contribution >= 0.6 is 0 Å². The Morgan fingerprint density at radius 3 is 2.34 bits per heavy atom. The molecule has 3 aliphatic carbocycles. The molecule has 3 heteroatoms. The first-order valence-electron chi connectivity index (χ1n) is 10.8. The van der Waals surface area contributed by atoms with Crippen molar-refractivity contribution < 1.29 is 14.2 Å². The average molecular weight is 386 g/mol. The van der Waals surface area contributed by atoms with E-state index in [4.69, 9.17) is 14.2 Å². The summed E-state index contributed by atoms with van der Waals surface area (Å²) >= 11 is 0. The van der Waals surface area contributed by atoms with E-state index in [-0.39, 0.29) is 6.10 Å². The number of fused-ring (bicyclic) bond motifs is 3. The van der Waals surface area contributed by atoms with Crippen molar-refractivity contribution in [1.29, 1.82) is 0 Å². The minimum absolute atomic E-state index is 0.141. The highest BCUT2D eigenvalue weighted by Gasteiger charge is 2.28. The Morgan fingerprint density at radius 1 is 0.759 bits per heavy atom. The molecule has 2 aromatic rings. The maximum absolute atomic E-state index is 6.18. The molecule has 0 N–H and O–H groups in total. The summed E-state index contributed by atoms with van der Waals surface area (Å²) in [5.74, 6) is 1.30. The zero-order chi connectivity index (χ0) is 19.2. The second kappa shape index (κ2) is 7.16. The number of hydrogen-bond acceptors (Lipinski definition) is 3. The first kappa shape index (κ1) is 17.5. The van der Waals surface area contributed by atoms with E-state index in [1.165, 1.54) is 39.0 Å². The molecule has 0 saturated carbocycles. The van der Waals surface area contributed by atoms with Gasteiger partial charge in [-0.3, -0.25) is 0 Å². The molecule has 2 atom stereocenters. The third-order valence-electron chi connectivity index (χ3n) is 6.78. The summed E-state index contributed by atoms with van der Waals surface area (Å²) in [6, 6.07) is 13.5. The molecule has 0 amide bonds. The summed E-state index contributed by atoms with van der Waals surface area (Å²) in [5.41, 5.74) is 10.1. The Hall–Kier alpha value is -2.36. The minimum Gasteiger partial charge on any atom is -0.493 e. The second-order valence-electron chi connectivity index (χ2n) is 8.52. The van der Waals surface area contributed by atoms with Crippen LogP contribution in [0.5, 0.6) is 5.75 Å². The minimum atomic E-state index is 0.141. The van der Waals surface area contributed by atoms with Gasteiger partial charge >= 0.3 is 0 Å². The fourth-order valence-corrected chi connectivity index (χ4v) is 5.09. The largest absolute Gasteiger partial charge is 0.493 e. The Morgan fingerprint density at radius 2 is 1.55 bits per heavy atom. The van der Waals surface area contributed by atoms with Crippen LogP contribution in [0.4, 0.5) is 0 Å². The predicted molar refractivity (Wildman–Crippen MR) is 114 cm³/mol. The van der Waals surface area contributed by atoms with E-state index in [1.54, 1.807) is 0 Å². The second-order valence-corrected chi connectivity index (χ2v) is 8.52. The van der Waals surface area contributed by atoms with Crippen LogP contribution < -0.4 is 4.74 Å². The molecule has 2 aromatic carbocycles. The number of hydrogen-bond donors (Lipinski definition) is 0. The highest BCUT2D eigenvalue weighted by Crippen LogP contribution is 2.45. The molecule has 4 aliphatic rings. The van der Waals surface area contributed by atoms with Gasteiger partial charge in [0, 0.05) is 5.92 Å². The SMILES string of the molecule is C1=C[C@@H]2OCCOCc3ccc4c(c3)/C(=C3/CCc5ccc(cc53)OC[C@@H]12)CC4. The lowest BCUT2D eigenvalue weighted by Crippen LogP contribution is -2.33. The zero-order valence-electron chi connectivity index (χ0n) is 16.7. The van der Waals surface area contributed by atoms with Gasteiger partial charge in [-0.05, 0) is 82.8 Å². The van der Waals surface area contributed by atoms with Crippen molar-refractivity contribution in [2.24, 2.45) is 5.92 Å². The molecule has 1 aliphatic heterocycles. The van der Waals surface area contributed by atoms with E-state index in [1.807, 2.05) is 0 Å². The van der Waals surface area contributed by atoms with Crippen LogP contribution in [0.3, 0.4) is 0 Å². The molecular weight excluding hydrogens is 360 g/mol. The number of aryl methyl sites for hydroxylation is 2. The Labute approximate surface area is 172 Å². The highest BCUT2D eigenvalue weighted by atomic mass is 16.5. The van der Waals surface area contributed by atoms with E-state index in [2.05, 4.69) is 48.6 Å². The molecule has 29 heavy (non-hydrogen) atoms. The smallest absolute Gasteiger partial charge is 0.119 e. The summed E-state index contributed by atoms with van der Waals surface area (Å²) in [6.45, 7) is 2.54. The summed E-state index contributed by atoms with van der Waals surface area (Å²) < 4.78 is 18.1. The highest BCUT2D eigenvalue weighted by molar-refractivity contribution is 5.96. The molecule has 0 aromatic heterocycles. The third kappa shape index (κ3) is 3.13. The van der Waals surface area contributed by atoms with E-state index in [9.17, 15) is 0 Å². The van der Waals surface area contributed by atoms with Crippen molar-refractivity contribution >= 4 is 11.1 Å².